The van der Waals surface area contributed by atoms with Crippen LogP contribution in [0.25, 0.3) is 0 Å². The molecule has 6 nitrogen and oxygen atoms in total. The lowest BCUT2D eigenvalue weighted by Gasteiger charge is -2.18. The average Bonchev–Trinajstić information content (AvgIpc) is 3.33. The minimum absolute atomic E-state index is 0.0822. The second kappa shape index (κ2) is 55.2. The third-order valence-electron chi connectivity index (χ3n) is 11.9. The van der Waals surface area contributed by atoms with Crippen molar-refractivity contribution in [3.05, 3.63) is 85.1 Å². The van der Waals surface area contributed by atoms with E-state index in [1.165, 1.54) is 116 Å². The van der Waals surface area contributed by atoms with Crippen molar-refractivity contribution in [3.63, 3.8) is 0 Å². The SMILES string of the molecule is CC/C=C\C/C=C\C/C=C\C/C=C\C/C=C\C/C=C\CCCCCCCCC(=O)OCC(COC(=O)CCCCCCCCC)OC(=O)CCCCCCCCC/C=C\CCCCCCCC. The number of rotatable bonds is 50. The highest BCUT2D eigenvalue weighted by Gasteiger charge is 2.19. The number of carbonyl (C=O) groups is 3. The number of carbonyl (C=O) groups excluding carboxylic acids is 3. The average molecular weight is 933 g/mol. The smallest absolute Gasteiger partial charge is 0.306 e. The van der Waals surface area contributed by atoms with Gasteiger partial charge in [-0.15, -0.1) is 0 Å². The molecule has 0 saturated heterocycles. The van der Waals surface area contributed by atoms with Crippen LogP contribution in [0.2, 0.25) is 0 Å². The Bertz CT molecular complexity index is 1300. The van der Waals surface area contributed by atoms with Gasteiger partial charge >= 0.3 is 17.9 Å². The fraction of sp³-hybridized carbons (Fsp3) is 0.721. The topological polar surface area (TPSA) is 78.9 Å². The normalized spacial score (nSPS) is 12.7. The third-order valence-corrected chi connectivity index (χ3v) is 11.9. The van der Waals surface area contributed by atoms with Crippen LogP contribution in [0, 0.1) is 0 Å². The first-order valence-corrected chi connectivity index (χ1v) is 28.1. The van der Waals surface area contributed by atoms with E-state index < -0.39 is 6.10 Å². The summed E-state index contributed by atoms with van der Waals surface area (Å²) in [4.78, 5) is 37.9. The highest BCUT2D eigenvalue weighted by atomic mass is 16.6. The van der Waals surface area contributed by atoms with Crippen molar-refractivity contribution in [2.24, 2.45) is 0 Å². The molecule has 0 aliphatic heterocycles. The Labute approximate surface area is 414 Å². The van der Waals surface area contributed by atoms with Crippen molar-refractivity contribution in [2.45, 2.75) is 271 Å². The zero-order chi connectivity index (χ0) is 48.6. The van der Waals surface area contributed by atoms with Gasteiger partial charge in [0.25, 0.3) is 0 Å². The van der Waals surface area contributed by atoms with Crippen molar-refractivity contribution in [3.8, 4) is 0 Å². The van der Waals surface area contributed by atoms with Gasteiger partial charge in [0.05, 0.1) is 0 Å². The molecule has 0 saturated carbocycles. The van der Waals surface area contributed by atoms with Crippen LogP contribution >= 0.6 is 0 Å². The number of hydrogen-bond donors (Lipinski definition) is 0. The molecule has 0 heterocycles. The lowest BCUT2D eigenvalue weighted by molar-refractivity contribution is -0.167. The second-order valence-corrected chi connectivity index (χ2v) is 18.5. The first-order chi connectivity index (χ1) is 33.0. The summed E-state index contributed by atoms with van der Waals surface area (Å²) >= 11 is 0. The van der Waals surface area contributed by atoms with Crippen LogP contribution in [0.1, 0.15) is 265 Å². The number of unbranched alkanes of at least 4 members (excludes halogenated alkanes) is 25. The van der Waals surface area contributed by atoms with E-state index in [-0.39, 0.29) is 31.1 Å². The van der Waals surface area contributed by atoms with Crippen LogP contribution in [0.15, 0.2) is 85.1 Å². The monoisotopic (exact) mass is 933 g/mol. The predicted molar refractivity (Wildman–Crippen MR) is 288 cm³/mol. The van der Waals surface area contributed by atoms with Gasteiger partial charge in [-0.25, -0.2) is 0 Å². The minimum Gasteiger partial charge on any atom is -0.462 e. The molecule has 0 aromatic heterocycles. The molecule has 0 aromatic carbocycles. The van der Waals surface area contributed by atoms with Gasteiger partial charge in [0.15, 0.2) is 6.10 Å². The fourth-order valence-corrected chi connectivity index (χ4v) is 7.68. The predicted octanol–water partition coefficient (Wildman–Crippen LogP) is 18.8. The summed E-state index contributed by atoms with van der Waals surface area (Å²) in [6, 6.07) is 0. The molecule has 0 amide bonds. The Kier molecular flexibility index (Phi) is 52.4. The molecule has 0 aliphatic rings. The number of esters is 3. The van der Waals surface area contributed by atoms with Crippen LogP contribution in [0.5, 0.6) is 0 Å². The maximum Gasteiger partial charge on any atom is 0.306 e. The van der Waals surface area contributed by atoms with E-state index in [2.05, 4.69) is 106 Å². The van der Waals surface area contributed by atoms with E-state index in [0.29, 0.717) is 19.3 Å². The van der Waals surface area contributed by atoms with E-state index in [0.717, 1.165) is 109 Å². The Hall–Kier alpha value is -3.41. The molecule has 1 atom stereocenters. The fourth-order valence-electron chi connectivity index (χ4n) is 7.68. The molecule has 0 rings (SSSR count). The van der Waals surface area contributed by atoms with Gasteiger partial charge < -0.3 is 14.2 Å². The first kappa shape index (κ1) is 63.6. The van der Waals surface area contributed by atoms with Gasteiger partial charge in [0.1, 0.15) is 13.2 Å². The summed E-state index contributed by atoms with van der Waals surface area (Å²) in [7, 11) is 0. The van der Waals surface area contributed by atoms with Gasteiger partial charge in [-0.2, -0.15) is 0 Å². The van der Waals surface area contributed by atoms with Crippen LogP contribution in [0.3, 0.4) is 0 Å². The van der Waals surface area contributed by atoms with E-state index >= 15 is 0 Å². The molecular formula is C61H104O6. The van der Waals surface area contributed by atoms with Crippen molar-refractivity contribution < 1.29 is 28.6 Å². The lowest BCUT2D eigenvalue weighted by Crippen LogP contribution is -2.30. The zero-order valence-electron chi connectivity index (χ0n) is 43.9. The van der Waals surface area contributed by atoms with E-state index in [1.54, 1.807) is 0 Å². The van der Waals surface area contributed by atoms with Gasteiger partial charge in [0, 0.05) is 19.3 Å². The minimum atomic E-state index is -0.782. The highest BCUT2D eigenvalue weighted by molar-refractivity contribution is 5.71. The van der Waals surface area contributed by atoms with Gasteiger partial charge in [-0.3, -0.25) is 14.4 Å². The lowest BCUT2D eigenvalue weighted by atomic mass is 10.1. The molecule has 0 aromatic rings. The Morgan fingerprint density at radius 1 is 0.313 bits per heavy atom. The second-order valence-electron chi connectivity index (χ2n) is 18.5. The van der Waals surface area contributed by atoms with E-state index in [4.69, 9.17) is 14.2 Å². The molecule has 0 spiro atoms. The molecule has 0 radical (unpaired) electrons. The number of ether oxygens (including phenoxy) is 3. The Morgan fingerprint density at radius 3 is 0.925 bits per heavy atom. The van der Waals surface area contributed by atoms with Crippen molar-refractivity contribution in [1.29, 1.82) is 0 Å². The summed E-state index contributed by atoms with van der Waals surface area (Å²) in [5.74, 6) is -0.905. The van der Waals surface area contributed by atoms with Gasteiger partial charge in [-0.05, 0) is 96.3 Å². The van der Waals surface area contributed by atoms with Gasteiger partial charge in [-0.1, -0.05) is 234 Å². The third kappa shape index (κ3) is 53.4. The molecule has 0 N–H and O–H groups in total. The molecule has 0 fully saturated rings. The maximum atomic E-state index is 12.8. The molecule has 6 heteroatoms. The zero-order valence-corrected chi connectivity index (χ0v) is 43.9. The largest absolute Gasteiger partial charge is 0.462 e. The summed E-state index contributed by atoms with van der Waals surface area (Å²) in [6.45, 7) is 6.47. The van der Waals surface area contributed by atoms with Crippen LogP contribution in [0.4, 0.5) is 0 Å². The van der Waals surface area contributed by atoms with Crippen molar-refractivity contribution in [1.82, 2.24) is 0 Å². The molecule has 384 valence electrons. The van der Waals surface area contributed by atoms with E-state index in [9.17, 15) is 14.4 Å². The van der Waals surface area contributed by atoms with Crippen molar-refractivity contribution in [2.75, 3.05) is 13.2 Å². The van der Waals surface area contributed by atoms with Crippen LogP contribution in [-0.4, -0.2) is 37.2 Å². The Balaban J connectivity index is 4.24. The van der Waals surface area contributed by atoms with Crippen LogP contribution < -0.4 is 0 Å². The van der Waals surface area contributed by atoms with Crippen LogP contribution in [-0.2, 0) is 28.6 Å². The van der Waals surface area contributed by atoms with E-state index in [1.807, 2.05) is 0 Å². The number of hydrogen-bond acceptors (Lipinski definition) is 6. The maximum absolute atomic E-state index is 12.8. The Morgan fingerprint density at radius 2 is 0.582 bits per heavy atom. The molecule has 0 aliphatic carbocycles. The van der Waals surface area contributed by atoms with Gasteiger partial charge in [0.2, 0.25) is 0 Å². The molecule has 0 bridgehead atoms. The summed E-state index contributed by atoms with van der Waals surface area (Å²) in [5.41, 5.74) is 0. The molecule has 1 unspecified atom stereocenters. The molecule has 67 heavy (non-hydrogen) atoms. The first-order valence-electron chi connectivity index (χ1n) is 28.1. The summed E-state index contributed by atoms with van der Waals surface area (Å²) < 4.78 is 16.8. The summed E-state index contributed by atoms with van der Waals surface area (Å²) in [6.07, 6.45) is 71.6. The highest BCUT2D eigenvalue weighted by Crippen LogP contribution is 2.14. The summed E-state index contributed by atoms with van der Waals surface area (Å²) in [5, 5.41) is 0. The standard InChI is InChI=1S/C61H104O6/c1-4-7-10-13-16-18-20-22-24-26-27-28-29-30-31-32-33-35-36-38-40-42-45-48-51-54-60(63)66-57-58(56-65-59(62)53-50-47-44-15-12-9-6-3)67-61(64)55-52-49-46-43-41-39-37-34-25-23-21-19-17-14-11-8-5-2/h7,10,16,18,22-25,27-28,30-31,33,35,58H,4-6,8-9,11-15,17,19-21,26,29,32,34,36-57H2,1-3H3/b10-7-,18-16-,24-22-,25-23-,28-27-,31-30-,35-33-. The van der Waals surface area contributed by atoms with Crippen molar-refractivity contribution >= 4 is 17.9 Å². The molecular weight excluding hydrogens is 829 g/mol. The quantitative estimate of drug-likeness (QED) is 0.0262. The number of allylic oxidation sites excluding steroid dienone is 14.